The van der Waals surface area contributed by atoms with Gasteiger partial charge in [0.1, 0.15) is 4.33 Å². The first-order valence-electron chi connectivity index (χ1n) is 3.55. The van der Waals surface area contributed by atoms with E-state index in [1.807, 2.05) is 0 Å². The monoisotopic (exact) mass is 211 g/mol. The number of carbonyl (C=O) groups excluding carboxylic acids is 1. The van der Waals surface area contributed by atoms with Gasteiger partial charge in [-0.25, -0.2) is 5.06 Å². The molecule has 1 aliphatic carbocycles. The Labute approximate surface area is 81.5 Å². The van der Waals surface area contributed by atoms with Crippen LogP contribution in [0.4, 0.5) is 0 Å². The second-order valence-corrected chi connectivity index (χ2v) is 4.68. The molecule has 0 radical (unpaired) electrons. The summed E-state index contributed by atoms with van der Waals surface area (Å²) >= 11 is 11.6. The van der Waals surface area contributed by atoms with Gasteiger partial charge in [-0.1, -0.05) is 0 Å². The van der Waals surface area contributed by atoms with Gasteiger partial charge in [0.25, 0.3) is 5.91 Å². The lowest BCUT2D eigenvalue weighted by Crippen LogP contribution is -2.34. The predicted octanol–water partition coefficient (Wildman–Crippen LogP) is 1.59. The van der Waals surface area contributed by atoms with E-state index < -0.39 is 9.75 Å². The fourth-order valence-electron chi connectivity index (χ4n) is 1.06. The van der Waals surface area contributed by atoms with Crippen LogP contribution in [0.1, 0.15) is 13.3 Å². The Morgan fingerprint density at radius 1 is 1.58 bits per heavy atom. The third-order valence-corrected chi connectivity index (χ3v) is 3.39. The third kappa shape index (κ3) is 1.30. The molecular weight excluding hydrogens is 201 g/mol. The number of hydrogen-bond acceptors (Lipinski definition) is 2. The Morgan fingerprint density at radius 2 is 2.00 bits per heavy atom. The molecule has 1 atom stereocenters. The summed E-state index contributed by atoms with van der Waals surface area (Å²) in [6, 6.07) is 0. The molecule has 70 valence electrons. The number of hydroxylamine groups is 2. The predicted molar refractivity (Wildman–Crippen MR) is 46.9 cm³/mol. The van der Waals surface area contributed by atoms with Crippen LogP contribution in [0.5, 0.6) is 0 Å². The molecule has 0 N–H and O–H groups in total. The van der Waals surface area contributed by atoms with Gasteiger partial charge in [-0.05, 0) is 13.3 Å². The van der Waals surface area contributed by atoms with E-state index in [4.69, 9.17) is 28.0 Å². The van der Waals surface area contributed by atoms with E-state index in [0.717, 1.165) is 5.06 Å². The van der Waals surface area contributed by atoms with Crippen LogP contribution >= 0.6 is 23.2 Å². The zero-order valence-corrected chi connectivity index (χ0v) is 8.74. The van der Waals surface area contributed by atoms with Crippen LogP contribution in [-0.4, -0.2) is 29.5 Å². The van der Waals surface area contributed by atoms with Crippen LogP contribution in [0.25, 0.3) is 0 Å². The van der Waals surface area contributed by atoms with Crippen LogP contribution in [0.3, 0.4) is 0 Å². The minimum Gasteiger partial charge on any atom is -0.275 e. The molecule has 5 heteroatoms. The number of amides is 1. The van der Waals surface area contributed by atoms with E-state index in [1.165, 1.54) is 14.2 Å². The topological polar surface area (TPSA) is 29.5 Å². The standard InChI is InChI=1S/C7H11Cl2NO2/c1-6(4-7(6,8)9)5(11)10(2)12-3/h4H2,1-3H3. The molecule has 3 nitrogen and oxygen atoms in total. The maximum absolute atomic E-state index is 11.5. The highest BCUT2D eigenvalue weighted by Gasteiger charge is 2.68. The minimum absolute atomic E-state index is 0.185. The summed E-state index contributed by atoms with van der Waals surface area (Å²) in [6.45, 7) is 1.73. The quantitative estimate of drug-likeness (QED) is 0.513. The largest absolute Gasteiger partial charge is 0.275 e. The van der Waals surface area contributed by atoms with Gasteiger partial charge in [-0.15, -0.1) is 23.2 Å². The summed E-state index contributed by atoms with van der Waals surface area (Å²) in [5, 5.41) is 1.15. The van der Waals surface area contributed by atoms with E-state index in [0.29, 0.717) is 6.42 Å². The van der Waals surface area contributed by atoms with Crippen molar-refractivity contribution in [2.75, 3.05) is 14.2 Å². The Kier molecular flexibility index (Phi) is 2.32. The van der Waals surface area contributed by atoms with E-state index in [-0.39, 0.29) is 5.91 Å². The molecule has 0 saturated heterocycles. The van der Waals surface area contributed by atoms with E-state index in [1.54, 1.807) is 6.92 Å². The Morgan fingerprint density at radius 3 is 2.25 bits per heavy atom. The van der Waals surface area contributed by atoms with Gasteiger partial charge in [-0.2, -0.15) is 0 Å². The average molecular weight is 212 g/mol. The minimum atomic E-state index is -0.920. The molecule has 0 bridgehead atoms. The second-order valence-electron chi connectivity index (χ2n) is 3.20. The molecule has 1 aliphatic rings. The van der Waals surface area contributed by atoms with Crippen molar-refractivity contribution in [3.8, 4) is 0 Å². The van der Waals surface area contributed by atoms with Crippen LogP contribution in [0.2, 0.25) is 0 Å². The van der Waals surface area contributed by atoms with Gasteiger partial charge in [0.05, 0.1) is 12.5 Å². The maximum Gasteiger partial charge on any atom is 0.254 e. The first-order chi connectivity index (χ1) is 5.35. The summed E-state index contributed by atoms with van der Waals surface area (Å²) < 4.78 is -0.920. The summed E-state index contributed by atoms with van der Waals surface area (Å²) in [5.74, 6) is -0.185. The highest BCUT2D eigenvalue weighted by Crippen LogP contribution is 2.64. The third-order valence-electron chi connectivity index (χ3n) is 2.29. The number of halogens is 2. The highest BCUT2D eigenvalue weighted by molar-refractivity contribution is 6.53. The van der Waals surface area contributed by atoms with Gasteiger partial charge in [-0.3, -0.25) is 9.63 Å². The van der Waals surface area contributed by atoms with E-state index >= 15 is 0 Å². The van der Waals surface area contributed by atoms with Gasteiger partial charge < -0.3 is 0 Å². The number of nitrogens with zero attached hydrogens (tertiary/aromatic N) is 1. The molecule has 1 fully saturated rings. The van der Waals surface area contributed by atoms with Crippen molar-refractivity contribution in [3.05, 3.63) is 0 Å². The lowest BCUT2D eigenvalue weighted by Gasteiger charge is -2.19. The van der Waals surface area contributed by atoms with Gasteiger partial charge in [0, 0.05) is 7.05 Å². The molecular formula is C7H11Cl2NO2. The first-order valence-corrected chi connectivity index (χ1v) is 4.31. The molecule has 0 spiro atoms. The molecule has 1 rings (SSSR count). The molecule has 0 aromatic heterocycles. The van der Waals surface area contributed by atoms with Crippen molar-refractivity contribution >= 4 is 29.1 Å². The van der Waals surface area contributed by atoms with Gasteiger partial charge in [0.15, 0.2) is 0 Å². The van der Waals surface area contributed by atoms with Crippen molar-refractivity contribution in [1.29, 1.82) is 0 Å². The fraction of sp³-hybridized carbons (Fsp3) is 0.857. The lowest BCUT2D eigenvalue weighted by molar-refractivity contribution is -0.174. The van der Waals surface area contributed by atoms with E-state index in [9.17, 15) is 4.79 Å². The molecule has 1 amide bonds. The summed E-state index contributed by atoms with van der Waals surface area (Å²) in [4.78, 5) is 16.2. The number of rotatable bonds is 2. The molecule has 0 aromatic rings. The number of carbonyl (C=O) groups is 1. The lowest BCUT2D eigenvalue weighted by atomic mass is 10.1. The van der Waals surface area contributed by atoms with Crippen LogP contribution < -0.4 is 0 Å². The van der Waals surface area contributed by atoms with Gasteiger partial charge >= 0.3 is 0 Å². The van der Waals surface area contributed by atoms with Crippen molar-refractivity contribution in [2.24, 2.45) is 5.41 Å². The molecule has 0 aliphatic heterocycles. The molecule has 0 aromatic carbocycles. The zero-order chi connectivity index (χ0) is 9.57. The average Bonchev–Trinajstić information content (AvgIpc) is 2.50. The van der Waals surface area contributed by atoms with Gasteiger partial charge in [0.2, 0.25) is 0 Å². The maximum atomic E-state index is 11.5. The first kappa shape index (κ1) is 10.1. The SMILES string of the molecule is CON(C)C(=O)C1(C)CC1(Cl)Cl. The molecule has 1 unspecified atom stereocenters. The van der Waals surface area contributed by atoms with Crippen LogP contribution in [0, 0.1) is 5.41 Å². The Bertz CT molecular complexity index is 219. The Hall–Kier alpha value is 0.01000. The van der Waals surface area contributed by atoms with Crippen molar-refractivity contribution in [2.45, 2.75) is 17.7 Å². The molecule has 12 heavy (non-hydrogen) atoms. The number of alkyl halides is 2. The highest BCUT2D eigenvalue weighted by atomic mass is 35.5. The smallest absolute Gasteiger partial charge is 0.254 e. The van der Waals surface area contributed by atoms with Crippen molar-refractivity contribution in [1.82, 2.24) is 5.06 Å². The number of hydrogen-bond donors (Lipinski definition) is 0. The normalized spacial score (nSPS) is 31.4. The zero-order valence-electron chi connectivity index (χ0n) is 7.23. The second kappa shape index (κ2) is 2.76. The molecule has 0 heterocycles. The molecule has 1 saturated carbocycles. The van der Waals surface area contributed by atoms with Crippen LogP contribution in [-0.2, 0) is 9.63 Å². The summed E-state index contributed by atoms with van der Waals surface area (Å²) in [5.41, 5.74) is -0.680. The van der Waals surface area contributed by atoms with Crippen LogP contribution in [0.15, 0.2) is 0 Å². The van der Waals surface area contributed by atoms with Crippen molar-refractivity contribution < 1.29 is 9.63 Å². The summed E-state index contributed by atoms with van der Waals surface area (Å²) in [7, 11) is 2.96. The summed E-state index contributed by atoms with van der Waals surface area (Å²) in [6.07, 6.45) is 0.482. The van der Waals surface area contributed by atoms with E-state index in [2.05, 4.69) is 0 Å². The fourth-order valence-corrected chi connectivity index (χ4v) is 1.76. The Balaban J connectivity index is 2.68. The van der Waals surface area contributed by atoms with Crippen molar-refractivity contribution in [3.63, 3.8) is 0 Å².